The molecular formula is C11H13N3O4. The molecule has 2 amide bonds. The smallest absolute Gasteiger partial charge is 0.323 e. The van der Waals surface area contributed by atoms with E-state index in [9.17, 15) is 9.59 Å². The third-order valence-electron chi connectivity index (χ3n) is 1.99. The summed E-state index contributed by atoms with van der Waals surface area (Å²) in [5, 5.41) is 14.8. The first kappa shape index (κ1) is 13.6. The Morgan fingerprint density at radius 3 is 2.89 bits per heavy atom. The number of carboxylic acids is 1. The highest BCUT2D eigenvalue weighted by Gasteiger charge is 2.15. The van der Waals surface area contributed by atoms with Gasteiger partial charge in [-0.1, -0.05) is 11.1 Å². The summed E-state index contributed by atoms with van der Waals surface area (Å²) in [6.07, 6.45) is 5.06. The van der Waals surface area contributed by atoms with Crippen molar-refractivity contribution in [2.75, 3.05) is 13.1 Å². The lowest BCUT2D eigenvalue weighted by Gasteiger charge is -2.17. The van der Waals surface area contributed by atoms with Crippen LogP contribution in [0.3, 0.4) is 0 Å². The second-order valence-corrected chi connectivity index (χ2v) is 3.54. The van der Waals surface area contributed by atoms with Crippen LogP contribution in [0.5, 0.6) is 0 Å². The minimum absolute atomic E-state index is 0.0734. The minimum atomic E-state index is -1.13. The van der Waals surface area contributed by atoms with Gasteiger partial charge < -0.3 is 19.8 Å². The van der Waals surface area contributed by atoms with Crippen molar-refractivity contribution in [1.82, 2.24) is 15.4 Å². The first-order valence-corrected chi connectivity index (χ1v) is 5.13. The van der Waals surface area contributed by atoms with Crippen LogP contribution in [-0.2, 0) is 11.3 Å². The summed E-state index contributed by atoms with van der Waals surface area (Å²) in [6, 6.07) is 1.11. The van der Waals surface area contributed by atoms with Gasteiger partial charge in [0.15, 0.2) is 0 Å². The molecule has 1 aromatic rings. The average molecular weight is 251 g/mol. The molecule has 18 heavy (non-hydrogen) atoms. The quantitative estimate of drug-likeness (QED) is 0.729. The Kier molecular flexibility index (Phi) is 4.75. The molecular weight excluding hydrogens is 238 g/mol. The second-order valence-electron chi connectivity index (χ2n) is 3.54. The lowest BCUT2D eigenvalue weighted by molar-refractivity contribution is -0.137. The molecule has 0 aliphatic rings. The number of aryl methyl sites for hydroxylation is 1. The Morgan fingerprint density at radius 2 is 2.39 bits per heavy atom. The maximum absolute atomic E-state index is 11.6. The Labute approximate surface area is 104 Å². The van der Waals surface area contributed by atoms with E-state index in [0.29, 0.717) is 11.5 Å². The van der Waals surface area contributed by atoms with Gasteiger partial charge in [-0.3, -0.25) is 4.79 Å². The van der Waals surface area contributed by atoms with Gasteiger partial charge in [0.05, 0.1) is 13.1 Å². The summed E-state index contributed by atoms with van der Waals surface area (Å²) >= 11 is 0. The molecule has 0 aromatic carbocycles. The number of aromatic nitrogens is 1. The van der Waals surface area contributed by atoms with Crippen LogP contribution in [0, 0.1) is 19.3 Å². The first-order chi connectivity index (χ1) is 8.52. The summed E-state index contributed by atoms with van der Waals surface area (Å²) in [5.41, 5.74) is 0.553. The molecule has 0 aliphatic carbocycles. The van der Waals surface area contributed by atoms with Gasteiger partial charge in [-0.15, -0.1) is 6.42 Å². The molecule has 96 valence electrons. The van der Waals surface area contributed by atoms with Gasteiger partial charge in [0.2, 0.25) is 0 Å². The Morgan fingerprint density at radius 1 is 1.67 bits per heavy atom. The molecule has 0 fully saturated rings. The Hall–Kier alpha value is -2.49. The van der Waals surface area contributed by atoms with Gasteiger partial charge in [0, 0.05) is 6.07 Å². The third-order valence-corrected chi connectivity index (χ3v) is 1.99. The average Bonchev–Trinajstić information content (AvgIpc) is 2.71. The predicted molar refractivity (Wildman–Crippen MR) is 61.5 cm³/mol. The zero-order valence-corrected chi connectivity index (χ0v) is 9.84. The van der Waals surface area contributed by atoms with Crippen LogP contribution in [-0.4, -0.2) is 40.3 Å². The number of aliphatic carboxylic acids is 1. The van der Waals surface area contributed by atoms with Gasteiger partial charge in [-0.2, -0.15) is 0 Å². The van der Waals surface area contributed by atoms with E-state index in [0.717, 1.165) is 4.90 Å². The second kappa shape index (κ2) is 6.30. The Balaban J connectivity index is 2.51. The fourth-order valence-corrected chi connectivity index (χ4v) is 1.25. The summed E-state index contributed by atoms with van der Waals surface area (Å²) in [6.45, 7) is 1.36. The minimum Gasteiger partial charge on any atom is -0.480 e. The maximum Gasteiger partial charge on any atom is 0.323 e. The summed E-state index contributed by atoms with van der Waals surface area (Å²) in [7, 11) is 0. The molecule has 0 spiro atoms. The molecule has 0 saturated carbocycles. The van der Waals surface area contributed by atoms with Crippen LogP contribution in [0.4, 0.5) is 4.79 Å². The molecule has 1 rings (SSSR count). The van der Waals surface area contributed by atoms with Crippen molar-refractivity contribution in [2.45, 2.75) is 13.5 Å². The van der Waals surface area contributed by atoms with Crippen LogP contribution >= 0.6 is 0 Å². The normalized spacial score (nSPS) is 9.56. The van der Waals surface area contributed by atoms with Gasteiger partial charge in [0.1, 0.15) is 18.0 Å². The van der Waals surface area contributed by atoms with Crippen LogP contribution in [0.2, 0.25) is 0 Å². The topological polar surface area (TPSA) is 95.7 Å². The van der Waals surface area contributed by atoms with Crippen LogP contribution in [0.15, 0.2) is 10.6 Å². The van der Waals surface area contributed by atoms with Gasteiger partial charge in [0.25, 0.3) is 0 Å². The number of hydrogen-bond acceptors (Lipinski definition) is 4. The van der Waals surface area contributed by atoms with Crippen molar-refractivity contribution >= 4 is 12.0 Å². The van der Waals surface area contributed by atoms with E-state index in [1.807, 2.05) is 0 Å². The lowest BCUT2D eigenvalue weighted by atomic mass is 10.4. The van der Waals surface area contributed by atoms with Crippen molar-refractivity contribution in [3.63, 3.8) is 0 Å². The van der Waals surface area contributed by atoms with Crippen molar-refractivity contribution in [3.05, 3.63) is 17.5 Å². The number of urea groups is 1. The molecule has 0 atom stereocenters. The van der Waals surface area contributed by atoms with Gasteiger partial charge in [-0.05, 0) is 6.92 Å². The molecule has 7 heteroatoms. The summed E-state index contributed by atoms with van der Waals surface area (Å²) < 4.78 is 4.83. The fourth-order valence-electron chi connectivity index (χ4n) is 1.25. The first-order valence-electron chi connectivity index (χ1n) is 5.13. The number of hydrogen-bond donors (Lipinski definition) is 2. The maximum atomic E-state index is 11.6. The van der Waals surface area contributed by atoms with Crippen LogP contribution in [0.25, 0.3) is 0 Å². The van der Waals surface area contributed by atoms with Crippen molar-refractivity contribution in [1.29, 1.82) is 0 Å². The van der Waals surface area contributed by atoms with Gasteiger partial charge in [-0.25, -0.2) is 4.79 Å². The standard InChI is InChI=1S/C11H13N3O4/c1-3-4-14(7-10(15)16)11(17)12-6-9-5-8(2)18-13-9/h1,5H,4,6-7H2,2H3,(H,12,17)(H,15,16). The van der Waals surface area contributed by atoms with E-state index >= 15 is 0 Å². The number of carbonyl (C=O) groups excluding carboxylic acids is 1. The molecule has 0 unspecified atom stereocenters. The Bertz CT molecular complexity index is 475. The number of amides is 2. The number of carboxylic acid groups (broad SMARTS) is 1. The van der Waals surface area contributed by atoms with E-state index in [2.05, 4.69) is 16.4 Å². The largest absolute Gasteiger partial charge is 0.480 e. The molecule has 0 radical (unpaired) electrons. The van der Waals surface area contributed by atoms with E-state index in [-0.39, 0.29) is 13.1 Å². The van der Waals surface area contributed by atoms with Crippen molar-refractivity contribution in [3.8, 4) is 12.3 Å². The monoisotopic (exact) mass is 251 g/mol. The number of carbonyl (C=O) groups is 2. The molecule has 0 saturated heterocycles. The number of nitrogens with zero attached hydrogens (tertiary/aromatic N) is 2. The third kappa shape index (κ3) is 4.17. The SMILES string of the molecule is C#CCN(CC(=O)O)C(=O)NCc1cc(C)on1. The van der Waals surface area contributed by atoms with Gasteiger partial charge >= 0.3 is 12.0 Å². The van der Waals surface area contributed by atoms with E-state index < -0.39 is 18.5 Å². The highest BCUT2D eigenvalue weighted by atomic mass is 16.5. The molecule has 1 heterocycles. The predicted octanol–water partition coefficient (Wildman–Crippen LogP) is 0.212. The number of terminal acetylenes is 1. The number of rotatable bonds is 5. The number of nitrogens with one attached hydrogen (secondary N) is 1. The van der Waals surface area contributed by atoms with Crippen LogP contribution < -0.4 is 5.32 Å². The summed E-state index contributed by atoms with van der Waals surface area (Å²) in [4.78, 5) is 23.2. The van der Waals surface area contributed by atoms with Crippen molar-refractivity contribution < 1.29 is 19.2 Å². The zero-order valence-electron chi connectivity index (χ0n) is 9.84. The molecule has 0 aliphatic heterocycles. The fraction of sp³-hybridized carbons (Fsp3) is 0.364. The molecule has 7 nitrogen and oxygen atoms in total. The van der Waals surface area contributed by atoms with E-state index in [1.165, 1.54) is 0 Å². The highest BCUT2D eigenvalue weighted by molar-refractivity contribution is 5.80. The van der Waals surface area contributed by atoms with E-state index in [4.69, 9.17) is 16.1 Å². The highest BCUT2D eigenvalue weighted by Crippen LogP contribution is 2.01. The van der Waals surface area contributed by atoms with E-state index in [1.54, 1.807) is 13.0 Å². The molecule has 1 aromatic heterocycles. The van der Waals surface area contributed by atoms with Crippen molar-refractivity contribution in [2.24, 2.45) is 0 Å². The lowest BCUT2D eigenvalue weighted by Crippen LogP contribution is -2.42. The molecule has 0 bridgehead atoms. The summed E-state index contributed by atoms with van der Waals surface area (Å²) in [5.74, 6) is 1.73. The van der Waals surface area contributed by atoms with Crippen LogP contribution in [0.1, 0.15) is 11.5 Å². The molecule has 2 N–H and O–H groups in total. The zero-order chi connectivity index (χ0) is 13.5.